The minimum atomic E-state index is 0.536. The molecule has 0 radical (unpaired) electrons. The molecule has 1 fully saturated rings. The number of likely N-dealkylation sites (N-methyl/N-ethyl adjacent to an activating group) is 1. The van der Waals surface area contributed by atoms with Crippen LogP contribution in [0.25, 0.3) is 0 Å². The van der Waals surface area contributed by atoms with E-state index in [0.29, 0.717) is 6.04 Å². The second kappa shape index (κ2) is 3.92. The fourth-order valence-corrected chi connectivity index (χ4v) is 1.80. The van der Waals surface area contributed by atoms with E-state index in [1.807, 2.05) is 13.0 Å². The maximum Gasteiger partial charge on any atom is 0.129 e. The fraction of sp³-hybridized carbons (Fsp3) is 0.600. The number of nitrogens with one attached hydrogen (secondary N) is 1. The number of hydrogen-bond acceptors (Lipinski definition) is 4. The van der Waals surface area contributed by atoms with Crippen molar-refractivity contribution in [1.82, 2.24) is 14.9 Å². The molecule has 0 spiro atoms. The molecule has 0 aliphatic carbocycles. The molecule has 0 amide bonds. The van der Waals surface area contributed by atoms with E-state index in [0.717, 1.165) is 18.1 Å². The summed E-state index contributed by atoms with van der Waals surface area (Å²) in [5.41, 5.74) is 1.01. The zero-order valence-corrected chi connectivity index (χ0v) is 8.70. The number of aromatic nitrogens is 2. The zero-order chi connectivity index (χ0) is 9.97. The van der Waals surface area contributed by atoms with Crippen LogP contribution in [0.4, 0.5) is 5.82 Å². The van der Waals surface area contributed by atoms with E-state index in [-0.39, 0.29) is 0 Å². The summed E-state index contributed by atoms with van der Waals surface area (Å²) in [6.07, 6.45) is 2.80. The van der Waals surface area contributed by atoms with E-state index in [1.54, 1.807) is 6.33 Å². The third-order valence-electron chi connectivity index (χ3n) is 2.55. The molecule has 1 aliphatic rings. The lowest BCUT2D eigenvalue weighted by Gasteiger charge is -2.13. The van der Waals surface area contributed by atoms with E-state index in [9.17, 15) is 0 Å². The molecule has 4 nitrogen and oxygen atoms in total. The van der Waals surface area contributed by atoms with Crippen LogP contribution in [0, 0.1) is 6.92 Å². The molecule has 14 heavy (non-hydrogen) atoms. The molecule has 76 valence electrons. The third kappa shape index (κ3) is 2.20. The average molecular weight is 192 g/mol. The summed E-state index contributed by atoms with van der Waals surface area (Å²) in [4.78, 5) is 10.6. The Hall–Kier alpha value is -1.16. The first-order valence-electron chi connectivity index (χ1n) is 4.98. The number of aryl methyl sites for hydroxylation is 1. The van der Waals surface area contributed by atoms with E-state index in [4.69, 9.17) is 0 Å². The summed E-state index contributed by atoms with van der Waals surface area (Å²) in [5.74, 6) is 0.942. The summed E-state index contributed by atoms with van der Waals surface area (Å²) in [6.45, 7) is 4.25. The Morgan fingerprint density at radius 2 is 2.36 bits per heavy atom. The van der Waals surface area contributed by atoms with Gasteiger partial charge in [-0.05, 0) is 26.9 Å². The monoisotopic (exact) mass is 192 g/mol. The summed E-state index contributed by atoms with van der Waals surface area (Å²) in [7, 11) is 2.15. The van der Waals surface area contributed by atoms with Gasteiger partial charge in [-0.25, -0.2) is 9.97 Å². The first kappa shape index (κ1) is 9.40. The Bertz CT molecular complexity index is 313. The summed E-state index contributed by atoms with van der Waals surface area (Å²) in [6, 6.07) is 2.52. The fourth-order valence-electron chi connectivity index (χ4n) is 1.80. The van der Waals surface area contributed by atoms with Crippen LogP contribution in [0.1, 0.15) is 12.1 Å². The summed E-state index contributed by atoms with van der Waals surface area (Å²) in [5, 5.41) is 3.42. The Balaban J connectivity index is 1.97. The summed E-state index contributed by atoms with van der Waals surface area (Å²) < 4.78 is 0. The van der Waals surface area contributed by atoms with Gasteiger partial charge < -0.3 is 10.2 Å². The Labute approximate surface area is 84.4 Å². The SMILES string of the molecule is Cc1cc(NC2CCN(C)C2)ncn1. The van der Waals surface area contributed by atoms with Crippen LogP contribution in [-0.4, -0.2) is 41.0 Å². The maximum absolute atomic E-state index is 4.19. The van der Waals surface area contributed by atoms with Crippen molar-refractivity contribution < 1.29 is 0 Å². The van der Waals surface area contributed by atoms with Crippen molar-refractivity contribution in [2.45, 2.75) is 19.4 Å². The highest BCUT2D eigenvalue weighted by Crippen LogP contribution is 2.12. The maximum atomic E-state index is 4.19. The minimum Gasteiger partial charge on any atom is -0.366 e. The van der Waals surface area contributed by atoms with Crippen molar-refractivity contribution in [2.24, 2.45) is 0 Å². The van der Waals surface area contributed by atoms with Gasteiger partial charge >= 0.3 is 0 Å². The number of rotatable bonds is 2. The van der Waals surface area contributed by atoms with Crippen LogP contribution >= 0.6 is 0 Å². The van der Waals surface area contributed by atoms with Gasteiger partial charge in [0.2, 0.25) is 0 Å². The van der Waals surface area contributed by atoms with Gasteiger partial charge in [0.05, 0.1) is 0 Å². The van der Waals surface area contributed by atoms with Crippen molar-refractivity contribution >= 4 is 5.82 Å². The van der Waals surface area contributed by atoms with E-state index in [1.165, 1.54) is 13.0 Å². The lowest BCUT2D eigenvalue weighted by molar-refractivity contribution is 0.414. The van der Waals surface area contributed by atoms with Crippen LogP contribution < -0.4 is 5.32 Å². The molecule has 1 atom stereocenters. The Morgan fingerprint density at radius 3 is 3.00 bits per heavy atom. The van der Waals surface area contributed by atoms with Crippen LogP contribution in [-0.2, 0) is 0 Å². The first-order chi connectivity index (χ1) is 6.74. The molecule has 0 saturated carbocycles. The molecule has 1 aromatic rings. The molecule has 1 saturated heterocycles. The zero-order valence-electron chi connectivity index (χ0n) is 8.70. The predicted octanol–water partition coefficient (Wildman–Crippen LogP) is 0.901. The van der Waals surface area contributed by atoms with Gasteiger partial charge in [0.25, 0.3) is 0 Å². The van der Waals surface area contributed by atoms with E-state index < -0.39 is 0 Å². The molecule has 0 bridgehead atoms. The van der Waals surface area contributed by atoms with Crippen molar-refractivity contribution in [3.63, 3.8) is 0 Å². The van der Waals surface area contributed by atoms with Gasteiger partial charge in [0, 0.05) is 24.3 Å². The number of hydrogen-bond donors (Lipinski definition) is 1. The highest BCUT2D eigenvalue weighted by atomic mass is 15.2. The lowest BCUT2D eigenvalue weighted by Crippen LogP contribution is -2.24. The molecule has 2 heterocycles. The number of likely N-dealkylation sites (tertiary alicyclic amines) is 1. The molecule has 0 aromatic carbocycles. The second-order valence-corrected chi connectivity index (χ2v) is 3.94. The van der Waals surface area contributed by atoms with Gasteiger partial charge in [-0.1, -0.05) is 0 Å². The Kier molecular flexibility index (Phi) is 2.63. The molecule has 1 aromatic heterocycles. The third-order valence-corrected chi connectivity index (χ3v) is 2.55. The quantitative estimate of drug-likeness (QED) is 0.756. The molecule has 1 N–H and O–H groups in total. The molecule has 1 aliphatic heterocycles. The highest BCUT2D eigenvalue weighted by Gasteiger charge is 2.19. The van der Waals surface area contributed by atoms with E-state index >= 15 is 0 Å². The standard InChI is InChI=1S/C10H16N4/c1-8-5-10(12-7-11-8)13-9-3-4-14(2)6-9/h5,7,9H,3-4,6H2,1-2H3,(H,11,12,13). The van der Waals surface area contributed by atoms with Crippen molar-refractivity contribution in [1.29, 1.82) is 0 Å². The van der Waals surface area contributed by atoms with Crippen LogP contribution in [0.3, 0.4) is 0 Å². The van der Waals surface area contributed by atoms with Crippen molar-refractivity contribution in [3.8, 4) is 0 Å². The van der Waals surface area contributed by atoms with Gasteiger partial charge in [0.1, 0.15) is 12.1 Å². The van der Waals surface area contributed by atoms with Crippen molar-refractivity contribution in [2.75, 3.05) is 25.5 Å². The minimum absolute atomic E-state index is 0.536. The highest BCUT2D eigenvalue weighted by molar-refractivity contribution is 5.36. The lowest BCUT2D eigenvalue weighted by atomic mass is 10.2. The summed E-state index contributed by atoms with van der Waals surface area (Å²) >= 11 is 0. The Morgan fingerprint density at radius 1 is 1.50 bits per heavy atom. The molecule has 1 unspecified atom stereocenters. The van der Waals surface area contributed by atoms with Crippen molar-refractivity contribution in [3.05, 3.63) is 18.1 Å². The van der Waals surface area contributed by atoms with Crippen LogP contribution in [0.5, 0.6) is 0 Å². The predicted molar refractivity (Wildman–Crippen MR) is 56.3 cm³/mol. The largest absolute Gasteiger partial charge is 0.366 e. The molecule has 2 rings (SSSR count). The first-order valence-corrected chi connectivity index (χ1v) is 4.98. The van der Waals surface area contributed by atoms with Gasteiger partial charge in [0.15, 0.2) is 0 Å². The van der Waals surface area contributed by atoms with Crippen LogP contribution in [0.2, 0.25) is 0 Å². The second-order valence-electron chi connectivity index (χ2n) is 3.94. The molecule has 4 heteroatoms. The number of anilines is 1. The van der Waals surface area contributed by atoms with Gasteiger partial charge in [-0.3, -0.25) is 0 Å². The molecular formula is C10H16N4. The number of nitrogens with zero attached hydrogens (tertiary/aromatic N) is 3. The van der Waals surface area contributed by atoms with E-state index in [2.05, 4.69) is 27.2 Å². The average Bonchev–Trinajstić information content (AvgIpc) is 2.51. The topological polar surface area (TPSA) is 41.0 Å². The van der Waals surface area contributed by atoms with Crippen LogP contribution in [0.15, 0.2) is 12.4 Å². The van der Waals surface area contributed by atoms with Gasteiger partial charge in [-0.2, -0.15) is 0 Å². The van der Waals surface area contributed by atoms with Gasteiger partial charge in [-0.15, -0.1) is 0 Å². The smallest absolute Gasteiger partial charge is 0.129 e. The normalized spacial score (nSPS) is 22.6. The molecular weight excluding hydrogens is 176 g/mol.